The molecule has 16 heavy (non-hydrogen) atoms. The molecule has 0 amide bonds. The van der Waals surface area contributed by atoms with Crippen LogP contribution in [-0.4, -0.2) is 5.96 Å². The number of nitrogens with two attached hydrogens (primary N) is 2. The van der Waals surface area contributed by atoms with Gasteiger partial charge in [0.15, 0.2) is 0 Å². The van der Waals surface area contributed by atoms with E-state index in [1.165, 1.54) is 0 Å². The molecule has 1 rings (SSSR count). The monoisotopic (exact) mass is 236 g/mol. The molecule has 8 heteroatoms. The second-order valence-electron chi connectivity index (χ2n) is 2.80. The highest BCUT2D eigenvalue weighted by Gasteiger charge is 2.34. The molecule has 0 unspecified atom stereocenters. The first kappa shape index (κ1) is 12.2. The zero-order valence-corrected chi connectivity index (χ0v) is 7.85. The molecular weight excluding hydrogens is 228 g/mol. The van der Waals surface area contributed by atoms with Gasteiger partial charge in [-0.1, -0.05) is 0 Å². The van der Waals surface area contributed by atoms with Crippen molar-refractivity contribution in [1.82, 2.24) is 5.43 Å². The van der Waals surface area contributed by atoms with E-state index in [2.05, 4.69) is 4.99 Å². The SMILES string of the molecule is NNC(N)=Nc1ccc(F)c(C(F)(F)F)c1. The smallest absolute Gasteiger partial charge is 0.369 e. The van der Waals surface area contributed by atoms with Crippen molar-refractivity contribution in [1.29, 1.82) is 0 Å². The lowest BCUT2D eigenvalue weighted by molar-refractivity contribution is -0.139. The van der Waals surface area contributed by atoms with Crippen LogP contribution in [0.2, 0.25) is 0 Å². The Kier molecular flexibility index (Phi) is 3.33. The average molecular weight is 236 g/mol. The summed E-state index contributed by atoms with van der Waals surface area (Å²) in [6, 6.07) is 2.25. The first-order chi connectivity index (χ1) is 7.34. The molecule has 88 valence electrons. The van der Waals surface area contributed by atoms with Gasteiger partial charge < -0.3 is 5.73 Å². The lowest BCUT2D eigenvalue weighted by Gasteiger charge is -2.08. The van der Waals surface area contributed by atoms with Crippen LogP contribution in [0.4, 0.5) is 23.2 Å². The van der Waals surface area contributed by atoms with Crippen molar-refractivity contribution in [2.24, 2.45) is 16.6 Å². The van der Waals surface area contributed by atoms with E-state index >= 15 is 0 Å². The molecule has 0 heterocycles. The second kappa shape index (κ2) is 4.35. The van der Waals surface area contributed by atoms with Crippen LogP contribution in [0.5, 0.6) is 0 Å². The Morgan fingerprint density at radius 1 is 1.31 bits per heavy atom. The van der Waals surface area contributed by atoms with Gasteiger partial charge in [0.05, 0.1) is 11.3 Å². The van der Waals surface area contributed by atoms with E-state index < -0.39 is 17.6 Å². The van der Waals surface area contributed by atoms with Gasteiger partial charge in [0, 0.05) is 0 Å². The number of nitrogens with zero attached hydrogens (tertiary/aromatic N) is 1. The lowest BCUT2D eigenvalue weighted by atomic mass is 10.2. The van der Waals surface area contributed by atoms with E-state index in [9.17, 15) is 17.6 Å². The number of aliphatic imine (C=N–C) groups is 1. The summed E-state index contributed by atoms with van der Waals surface area (Å²) in [6.45, 7) is 0. The third kappa shape index (κ3) is 2.83. The maximum absolute atomic E-state index is 12.8. The predicted molar refractivity (Wildman–Crippen MR) is 50.0 cm³/mol. The first-order valence-corrected chi connectivity index (χ1v) is 4.02. The summed E-state index contributed by atoms with van der Waals surface area (Å²) < 4.78 is 49.7. The van der Waals surface area contributed by atoms with Crippen LogP contribution in [-0.2, 0) is 6.18 Å². The summed E-state index contributed by atoms with van der Waals surface area (Å²) in [4.78, 5) is 3.48. The quantitative estimate of drug-likeness (QED) is 0.226. The Hall–Kier alpha value is -1.83. The van der Waals surface area contributed by atoms with Crippen molar-refractivity contribution in [2.45, 2.75) is 6.18 Å². The van der Waals surface area contributed by atoms with Crippen molar-refractivity contribution in [3.05, 3.63) is 29.6 Å². The van der Waals surface area contributed by atoms with E-state index in [1.54, 1.807) is 0 Å². The average Bonchev–Trinajstić information content (AvgIpc) is 2.19. The molecule has 1 aromatic rings. The highest BCUT2D eigenvalue weighted by molar-refractivity contribution is 5.80. The van der Waals surface area contributed by atoms with Gasteiger partial charge >= 0.3 is 6.18 Å². The highest BCUT2D eigenvalue weighted by atomic mass is 19.4. The minimum Gasteiger partial charge on any atom is -0.369 e. The third-order valence-corrected chi connectivity index (χ3v) is 1.65. The number of halogens is 4. The molecule has 0 aliphatic rings. The molecule has 0 aliphatic carbocycles. The molecule has 0 aliphatic heterocycles. The first-order valence-electron chi connectivity index (χ1n) is 4.02. The summed E-state index contributed by atoms with van der Waals surface area (Å²) in [5, 5.41) is 0. The van der Waals surface area contributed by atoms with Crippen molar-refractivity contribution < 1.29 is 17.6 Å². The van der Waals surface area contributed by atoms with Crippen LogP contribution in [0.3, 0.4) is 0 Å². The van der Waals surface area contributed by atoms with Gasteiger partial charge in [0.2, 0.25) is 5.96 Å². The number of alkyl halides is 3. The summed E-state index contributed by atoms with van der Waals surface area (Å²) in [5.41, 5.74) is 5.53. The summed E-state index contributed by atoms with van der Waals surface area (Å²) in [5.74, 6) is 3.22. The van der Waals surface area contributed by atoms with Gasteiger partial charge in [0.25, 0.3) is 0 Å². The minimum absolute atomic E-state index is 0.149. The summed E-state index contributed by atoms with van der Waals surface area (Å²) in [7, 11) is 0. The molecule has 0 saturated heterocycles. The largest absolute Gasteiger partial charge is 0.419 e. The summed E-state index contributed by atoms with van der Waals surface area (Å²) in [6.07, 6.45) is -4.78. The third-order valence-electron chi connectivity index (χ3n) is 1.65. The lowest BCUT2D eigenvalue weighted by Crippen LogP contribution is -2.36. The van der Waals surface area contributed by atoms with Gasteiger partial charge in [-0.15, -0.1) is 0 Å². The Labute approximate surface area is 87.9 Å². The fourth-order valence-electron chi connectivity index (χ4n) is 0.971. The molecule has 0 spiro atoms. The molecular formula is C8H8F4N4. The molecule has 0 fully saturated rings. The highest BCUT2D eigenvalue weighted by Crippen LogP contribution is 2.33. The van der Waals surface area contributed by atoms with Gasteiger partial charge in [-0.05, 0) is 18.2 Å². The van der Waals surface area contributed by atoms with E-state index in [-0.39, 0.29) is 11.6 Å². The number of guanidine groups is 1. The van der Waals surface area contributed by atoms with E-state index in [1.807, 2.05) is 5.43 Å². The molecule has 5 N–H and O–H groups in total. The zero-order chi connectivity index (χ0) is 12.3. The predicted octanol–water partition coefficient (Wildman–Crippen LogP) is 1.25. The van der Waals surface area contributed by atoms with Crippen LogP contribution in [0.25, 0.3) is 0 Å². The van der Waals surface area contributed by atoms with E-state index in [0.29, 0.717) is 12.1 Å². The minimum atomic E-state index is -4.78. The van der Waals surface area contributed by atoms with Crippen molar-refractivity contribution in [2.75, 3.05) is 0 Å². The molecule has 4 nitrogen and oxygen atoms in total. The van der Waals surface area contributed by atoms with Crippen LogP contribution < -0.4 is 17.0 Å². The number of hydrogen-bond acceptors (Lipinski definition) is 2. The van der Waals surface area contributed by atoms with Gasteiger partial charge in [-0.3, -0.25) is 5.43 Å². The maximum atomic E-state index is 12.8. The van der Waals surface area contributed by atoms with Gasteiger partial charge in [-0.25, -0.2) is 15.2 Å². The molecule has 0 atom stereocenters. The van der Waals surface area contributed by atoms with Crippen LogP contribution >= 0.6 is 0 Å². The van der Waals surface area contributed by atoms with Crippen LogP contribution in [0, 0.1) is 5.82 Å². The van der Waals surface area contributed by atoms with Crippen molar-refractivity contribution in [3.8, 4) is 0 Å². The van der Waals surface area contributed by atoms with Crippen molar-refractivity contribution >= 4 is 11.6 Å². The zero-order valence-electron chi connectivity index (χ0n) is 7.85. The summed E-state index contributed by atoms with van der Waals surface area (Å²) >= 11 is 0. The molecule has 1 aromatic carbocycles. The normalized spacial score (nSPS) is 12.7. The molecule has 0 aromatic heterocycles. The molecule has 0 radical (unpaired) electrons. The van der Waals surface area contributed by atoms with Gasteiger partial charge in [-0.2, -0.15) is 13.2 Å². The number of nitrogens with one attached hydrogen (secondary N) is 1. The van der Waals surface area contributed by atoms with Crippen LogP contribution in [0.1, 0.15) is 5.56 Å². The Morgan fingerprint density at radius 3 is 2.44 bits per heavy atom. The van der Waals surface area contributed by atoms with Crippen molar-refractivity contribution in [3.63, 3.8) is 0 Å². The number of rotatable bonds is 1. The fraction of sp³-hybridized carbons (Fsp3) is 0.125. The Morgan fingerprint density at radius 2 is 1.94 bits per heavy atom. The topological polar surface area (TPSA) is 76.4 Å². The van der Waals surface area contributed by atoms with Gasteiger partial charge in [0.1, 0.15) is 5.82 Å². The Balaban J connectivity index is 3.18. The maximum Gasteiger partial charge on any atom is 0.419 e. The number of hydrazine groups is 1. The fourth-order valence-corrected chi connectivity index (χ4v) is 0.971. The van der Waals surface area contributed by atoms with Crippen LogP contribution in [0.15, 0.2) is 23.2 Å². The van der Waals surface area contributed by atoms with E-state index in [0.717, 1.165) is 6.07 Å². The standard InChI is InChI=1S/C8H8F4N4/c9-6-2-1-4(15-7(13)16-14)3-5(6)8(10,11)12/h1-3H,14H2,(H3,13,15,16). The van der Waals surface area contributed by atoms with E-state index in [4.69, 9.17) is 11.6 Å². The number of hydrogen-bond donors (Lipinski definition) is 3. The second-order valence-corrected chi connectivity index (χ2v) is 2.80. The molecule has 0 saturated carbocycles. The number of benzene rings is 1. The molecule has 0 bridgehead atoms. The Bertz CT molecular complexity index is 413.